The molecular weight excluding hydrogens is 635 g/mol. The lowest BCUT2D eigenvalue weighted by atomic mass is 9.97. The summed E-state index contributed by atoms with van der Waals surface area (Å²) in [5.41, 5.74) is 13.2. The predicted octanol–water partition coefficient (Wildman–Crippen LogP) is 5.29. The Morgan fingerprint density at radius 1 is 0.935 bits per heavy atom. The molecule has 0 saturated carbocycles. The maximum absolute atomic E-state index is 14.8. The molecular formula is C28H26F7N5O6. The van der Waals surface area contributed by atoms with Crippen molar-refractivity contribution in [3.05, 3.63) is 59.9 Å². The summed E-state index contributed by atoms with van der Waals surface area (Å²) in [6.45, 7) is 3.92. The van der Waals surface area contributed by atoms with Gasteiger partial charge in [0, 0.05) is 22.4 Å². The van der Waals surface area contributed by atoms with Crippen LogP contribution in [0.1, 0.15) is 25.8 Å². The zero-order valence-corrected chi connectivity index (χ0v) is 23.7. The first-order valence-electron chi connectivity index (χ1n) is 12.6. The maximum atomic E-state index is 14.8. The number of nitrogens with two attached hydrogens (primary N) is 2. The van der Waals surface area contributed by atoms with Crippen molar-refractivity contribution >= 4 is 29.4 Å². The number of phenolic OH excluding ortho intramolecular Hbond substituents is 1. The number of nitrogens with one attached hydrogen (secondary N) is 1. The number of hydrogen-bond acceptors (Lipinski definition) is 8. The number of phenols is 1. The van der Waals surface area contributed by atoms with Gasteiger partial charge in [-0.25, -0.2) is 19.0 Å². The van der Waals surface area contributed by atoms with E-state index in [4.69, 9.17) is 31.3 Å². The van der Waals surface area contributed by atoms with Crippen molar-refractivity contribution in [1.29, 1.82) is 5.26 Å². The number of amides is 1. The van der Waals surface area contributed by atoms with Crippen molar-refractivity contribution in [3.63, 3.8) is 0 Å². The number of benzene rings is 2. The minimum atomic E-state index is -5.08. The lowest BCUT2D eigenvalue weighted by Gasteiger charge is -2.16. The molecule has 0 spiro atoms. The van der Waals surface area contributed by atoms with Crippen LogP contribution in [0.2, 0.25) is 0 Å². The molecule has 46 heavy (non-hydrogen) atoms. The third-order valence-corrected chi connectivity index (χ3v) is 5.41. The zero-order chi connectivity index (χ0) is 35.6. The van der Waals surface area contributed by atoms with E-state index in [-0.39, 0.29) is 45.8 Å². The number of carboxylic acid groups (broad SMARTS) is 2. The molecule has 0 radical (unpaired) electrons. The van der Waals surface area contributed by atoms with Gasteiger partial charge in [0.05, 0.1) is 11.7 Å². The van der Waals surface area contributed by atoms with Gasteiger partial charge in [-0.2, -0.15) is 31.6 Å². The number of pyridine rings is 1. The summed E-state index contributed by atoms with van der Waals surface area (Å²) in [6, 6.07) is 13.2. The second kappa shape index (κ2) is 16.0. The molecule has 0 aliphatic carbocycles. The highest BCUT2D eigenvalue weighted by atomic mass is 19.4. The van der Waals surface area contributed by atoms with E-state index in [1.54, 1.807) is 18.2 Å². The fourth-order valence-electron chi connectivity index (χ4n) is 3.38. The van der Waals surface area contributed by atoms with Crippen molar-refractivity contribution in [2.24, 2.45) is 11.7 Å². The van der Waals surface area contributed by atoms with Crippen LogP contribution in [-0.4, -0.2) is 56.5 Å². The molecule has 1 aromatic heterocycles. The van der Waals surface area contributed by atoms with Gasteiger partial charge in [0.15, 0.2) is 0 Å². The lowest BCUT2D eigenvalue weighted by molar-refractivity contribution is -0.193. The number of aromatic nitrogens is 1. The normalized spacial score (nSPS) is 11.6. The quantitative estimate of drug-likeness (QED) is 0.188. The molecule has 1 heterocycles. The number of halogens is 7. The van der Waals surface area contributed by atoms with E-state index in [1.807, 2.05) is 19.9 Å². The molecule has 0 aliphatic rings. The number of carbonyl (C=O) groups excluding carboxylic acids is 1. The lowest BCUT2D eigenvalue weighted by Crippen LogP contribution is -2.36. The van der Waals surface area contributed by atoms with E-state index in [1.165, 1.54) is 30.3 Å². The number of alkyl halides is 6. The van der Waals surface area contributed by atoms with E-state index in [9.17, 15) is 45.9 Å². The third-order valence-electron chi connectivity index (χ3n) is 5.41. The van der Waals surface area contributed by atoms with Crippen LogP contribution in [0.25, 0.3) is 22.4 Å². The molecule has 248 valence electrons. The Hall–Kier alpha value is -5.44. The van der Waals surface area contributed by atoms with Gasteiger partial charge in [-0.3, -0.25) is 4.79 Å². The number of rotatable bonds is 6. The van der Waals surface area contributed by atoms with Crippen LogP contribution in [0.15, 0.2) is 48.5 Å². The number of para-hydroxylation sites is 1. The maximum Gasteiger partial charge on any atom is 0.490 e. The Morgan fingerprint density at radius 3 is 1.91 bits per heavy atom. The minimum absolute atomic E-state index is 0.0111. The van der Waals surface area contributed by atoms with Crippen molar-refractivity contribution in [2.75, 3.05) is 11.1 Å². The van der Waals surface area contributed by atoms with Gasteiger partial charge < -0.3 is 32.1 Å². The van der Waals surface area contributed by atoms with E-state index >= 15 is 0 Å². The van der Waals surface area contributed by atoms with Crippen molar-refractivity contribution in [3.8, 4) is 34.2 Å². The number of carboxylic acids is 2. The largest absolute Gasteiger partial charge is 0.507 e. The second-order valence-corrected chi connectivity index (χ2v) is 9.47. The monoisotopic (exact) mass is 661 g/mol. The van der Waals surface area contributed by atoms with E-state index < -0.39 is 36.2 Å². The summed E-state index contributed by atoms with van der Waals surface area (Å²) < 4.78 is 78.3. The Balaban J connectivity index is 0.000000629. The van der Waals surface area contributed by atoms with Crippen molar-refractivity contribution in [1.82, 2.24) is 4.98 Å². The number of hydrogen-bond donors (Lipinski definition) is 6. The topological polar surface area (TPSA) is 213 Å². The van der Waals surface area contributed by atoms with Crippen LogP contribution < -0.4 is 16.8 Å². The van der Waals surface area contributed by atoms with Gasteiger partial charge in [0.1, 0.15) is 29.0 Å². The predicted molar refractivity (Wildman–Crippen MR) is 149 cm³/mol. The SMILES string of the molecule is CC(C)C[C@H](N)C(=O)Nc1ccc(F)c(-c2cc(-c3ccccc3O)nc(N)c2C#N)c1.O=C(O)C(F)(F)F.O=C(O)C(F)(F)F. The Morgan fingerprint density at radius 2 is 1.46 bits per heavy atom. The van der Waals surface area contributed by atoms with Crippen LogP contribution in [0.5, 0.6) is 5.75 Å². The first-order chi connectivity index (χ1) is 21.1. The standard InChI is InChI=1S/C24H24FN5O2.2C2HF3O2/c1-13(2)9-20(27)24(32)29-14-7-8-19(25)17(10-14)16-11-21(30-23(28)18(16)12-26)15-5-3-4-6-22(15)31;2*3-2(4,5)1(6)7/h3-8,10-11,13,20,31H,9,27H2,1-2H3,(H2,28,30)(H,29,32);2*(H,6,7)/t20-;;/m0../s1. The van der Waals surface area contributed by atoms with Gasteiger partial charge in [0.25, 0.3) is 0 Å². The smallest absolute Gasteiger partial charge is 0.490 e. The van der Waals surface area contributed by atoms with Gasteiger partial charge in [-0.05, 0) is 48.7 Å². The highest BCUT2D eigenvalue weighted by molar-refractivity contribution is 5.95. The number of anilines is 2. The van der Waals surface area contributed by atoms with Crippen LogP contribution >= 0.6 is 0 Å². The fourth-order valence-corrected chi connectivity index (χ4v) is 3.38. The number of aliphatic carboxylic acids is 2. The van der Waals surface area contributed by atoms with E-state index in [0.717, 1.165) is 0 Å². The zero-order valence-electron chi connectivity index (χ0n) is 23.7. The molecule has 1 atom stereocenters. The molecule has 0 bridgehead atoms. The summed E-state index contributed by atoms with van der Waals surface area (Å²) in [7, 11) is 0. The number of aromatic hydroxyl groups is 1. The highest BCUT2D eigenvalue weighted by Crippen LogP contribution is 2.36. The number of nitrogen functional groups attached to an aromatic ring is 1. The summed E-state index contributed by atoms with van der Waals surface area (Å²) in [4.78, 5) is 34.4. The summed E-state index contributed by atoms with van der Waals surface area (Å²) in [5.74, 6) is -6.40. The van der Waals surface area contributed by atoms with Crippen molar-refractivity contribution in [2.45, 2.75) is 38.7 Å². The molecule has 1 amide bonds. The number of carbonyl (C=O) groups is 3. The van der Waals surface area contributed by atoms with E-state index in [2.05, 4.69) is 10.3 Å². The summed E-state index contributed by atoms with van der Waals surface area (Å²) in [6.07, 6.45) is -9.66. The Kier molecular flexibility index (Phi) is 13.5. The first kappa shape index (κ1) is 38.6. The fraction of sp³-hybridized carbons (Fsp3) is 0.250. The van der Waals surface area contributed by atoms with Crippen LogP contribution in [0.3, 0.4) is 0 Å². The minimum Gasteiger partial charge on any atom is -0.507 e. The molecule has 0 fully saturated rings. The molecule has 8 N–H and O–H groups in total. The molecule has 3 aromatic rings. The van der Waals surface area contributed by atoms with E-state index in [0.29, 0.717) is 17.7 Å². The third kappa shape index (κ3) is 11.6. The van der Waals surface area contributed by atoms with Crippen LogP contribution in [0.4, 0.5) is 42.2 Å². The molecule has 2 aromatic carbocycles. The van der Waals surface area contributed by atoms with Gasteiger partial charge in [-0.1, -0.05) is 26.0 Å². The van der Waals surface area contributed by atoms with Gasteiger partial charge in [0.2, 0.25) is 5.91 Å². The Bertz CT molecular complexity index is 1580. The summed E-state index contributed by atoms with van der Waals surface area (Å²) in [5, 5.41) is 36.7. The first-order valence-corrected chi connectivity index (χ1v) is 12.6. The number of nitrogens with zero attached hydrogens (tertiary/aromatic N) is 2. The van der Waals surface area contributed by atoms with Crippen molar-refractivity contribution < 1.29 is 60.4 Å². The summed E-state index contributed by atoms with van der Waals surface area (Å²) >= 11 is 0. The molecule has 0 aliphatic heterocycles. The van der Waals surface area contributed by atoms with Gasteiger partial charge >= 0.3 is 24.3 Å². The molecule has 0 unspecified atom stereocenters. The van der Waals surface area contributed by atoms with Crippen LogP contribution in [-0.2, 0) is 14.4 Å². The average Bonchev–Trinajstić information content (AvgIpc) is 2.93. The average molecular weight is 662 g/mol. The molecule has 18 heteroatoms. The van der Waals surface area contributed by atoms with Crippen LogP contribution in [0, 0.1) is 23.1 Å². The second-order valence-electron chi connectivity index (χ2n) is 9.47. The Labute approximate surface area is 255 Å². The molecule has 11 nitrogen and oxygen atoms in total. The highest BCUT2D eigenvalue weighted by Gasteiger charge is 2.38. The number of nitriles is 1. The van der Waals surface area contributed by atoms with Gasteiger partial charge in [-0.15, -0.1) is 0 Å². The molecule has 0 saturated heterocycles. The molecule has 3 rings (SSSR count).